The summed E-state index contributed by atoms with van der Waals surface area (Å²) in [6.45, 7) is 1.98. The quantitative estimate of drug-likeness (QED) is 0.641. The first-order valence-corrected chi connectivity index (χ1v) is 6.67. The van der Waals surface area contributed by atoms with Gasteiger partial charge in [0.25, 0.3) is 0 Å². The SMILES string of the molecule is Cc1nnc(-c2ccc(N)c(O)c2)n1C1CCCC1. The number of phenolic OH excluding ortho intramolecular Hbond substituents is 1. The number of nitrogens with zero attached hydrogens (tertiary/aromatic N) is 3. The highest BCUT2D eigenvalue weighted by Crippen LogP contribution is 2.35. The van der Waals surface area contributed by atoms with E-state index in [-0.39, 0.29) is 5.75 Å². The largest absolute Gasteiger partial charge is 0.506 e. The highest BCUT2D eigenvalue weighted by atomic mass is 16.3. The van der Waals surface area contributed by atoms with Crippen LogP contribution in [-0.2, 0) is 0 Å². The van der Waals surface area contributed by atoms with E-state index >= 15 is 0 Å². The Labute approximate surface area is 112 Å². The first-order valence-electron chi connectivity index (χ1n) is 6.67. The summed E-state index contributed by atoms with van der Waals surface area (Å²) < 4.78 is 2.19. The first-order chi connectivity index (χ1) is 9.16. The Balaban J connectivity index is 2.07. The molecular weight excluding hydrogens is 240 g/mol. The van der Waals surface area contributed by atoms with Crippen LogP contribution in [0.25, 0.3) is 11.4 Å². The smallest absolute Gasteiger partial charge is 0.164 e. The van der Waals surface area contributed by atoms with Gasteiger partial charge < -0.3 is 15.4 Å². The second-order valence-corrected chi connectivity index (χ2v) is 5.15. The number of benzene rings is 1. The van der Waals surface area contributed by atoms with E-state index in [1.807, 2.05) is 13.0 Å². The number of rotatable bonds is 2. The molecule has 1 aromatic carbocycles. The third-order valence-electron chi connectivity index (χ3n) is 3.84. The summed E-state index contributed by atoms with van der Waals surface area (Å²) in [5.41, 5.74) is 6.88. The summed E-state index contributed by atoms with van der Waals surface area (Å²) in [6, 6.07) is 5.71. The molecule has 0 radical (unpaired) electrons. The van der Waals surface area contributed by atoms with Crippen molar-refractivity contribution in [1.29, 1.82) is 0 Å². The van der Waals surface area contributed by atoms with Crippen LogP contribution in [0.2, 0.25) is 0 Å². The molecule has 2 aromatic rings. The molecule has 1 fully saturated rings. The topological polar surface area (TPSA) is 77.0 Å². The first kappa shape index (κ1) is 12.0. The normalized spacial score (nSPS) is 16.1. The molecule has 0 aliphatic heterocycles. The van der Waals surface area contributed by atoms with Gasteiger partial charge in [-0.3, -0.25) is 0 Å². The predicted octanol–water partition coefficient (Wildman–Crippen LogP) is 2.66. The number of aromatic hydroxyl groups is 1. The van der Waals surface area contributed by atoms with E-state index in [4.69, 9.17) is 5.73 Å². The minimum atomic E-state index is 0.0936. The van der Waals surface area contributed by atoms with Crippen molar-refractivity contribution in [3.05, 3.63) is 24.0 Å². The fourth-order valence-corrected chi connectivity index (χ4v) is 2.85. The van der Waals surface area contributed by atoms with Crippen LogP contribution in [0.4, 0.5) is 5.69 Å². The maximum Gasteiger partial charge on any atom is 0.164 e. The van der Waals surface area contributed by atoms with Gasteiger partial charge in [0.2, 0.25) is 0 Å². The minimum absolute atomic E-state index is 0.0936. The van der Waals surface area contributed by atoms with E-state index in [1.165, 1.54) is 25.7 Å². The van der Waals surface area contributed by atoms with Crippen molar-refractivity contribution in [3.63, 3.8) is 0 Å². The Morgan fingerprint density at radius 1 is 1.26 bits per heavy atom. The van der Waals surface area contributed by atoms with Gasteiger partial charge in [-0.2, -0.15) is 0 Å². The summed E-state index contributed by atoms with van der Waals surface area (Å²) >= 11 is 0. The lowest BCUT2D eigenvalue weighted by molar-refractivity contribution is 0.477. The van der Waals surface area contributed by atoms with Crippen LogP contribution < -0.4 is 5.73 Å². The number of aromatic nitrogens is 3. The maximum absolute atomic E-state index is 9.74. The number of aryl methyl sites for hydroxylation is 1. The van der Waals surface area contributed by atoms with Crippen LogP contribution in [0.15, 0.2) is 18.2 Å². The molecule has 3 rings (SSSR count). The Bertz CT molecular complexity index is 599. The van der Waals surface area contributed by atoms with E-state index in [0.29, 0.717) is 11.7 Å². The molecule has 0 unspecified atom stereocenters. The molecule has 5 nitrogen and oxygen atoms in total. The zero-order chi connectivity index (χ0) is 13.4. The second kappa shape index (κ2) is 4.57. The van der Waals surface area contributed by atoms with Gasteiger partial charge in [0.1, 0.15) is 11.6 Å². The van der Waals surface area contributed by atoms with E-state index in [0.717, 1.165) is 17.2 Å². The maximum atomic E-state index is 9.74. The van der Waals surface area contributed by atoms with Crippen LogP contribution in [0.1, 0.15) is 37.5 Å². The molecule has 1 aromatic heterocycles. The summed E-state index contributed by atoms with van der Waals surface area (Å²) in [5, 5.41) is 18.2. The fourth-order valence-electron chi connectivity index (χ4n) is 2.85. The molecule has 100 valence electrons. The molecule has 0 amide bonds. The molecule has 1 aliphatic carbocycles. The van der Waals surface area contributed by atoms with Gasteiger partial charge in [0.15, 0.2) is 5.82 Å². The number of phenols is 1. The van der Waals surface area contributed by atoms with Gasteiger partial charge in [-0.15, -0.1) is 10.2 Å². The van der Waals surface area contributed by atoms with Crippen molar-refractivity contribution < 1.29 is 5.11 Å². The highest BCUT2D eigenvalue weighted by molar-refractivity contribution is 5.65. The Morgan fingerprint density at radius 2 is 2.00 bits per heavy atom. The highest BCUT2D eigenvalue weighted by Gasteiger charge is 2.23. The Hall–Kier alpha value is -2.04. The Kier molecular flexibility index (Phi) is 2.89. The lowest BCUT2D eigenvalue weighted by atomic mass is 10.1. The Morgan fingerprint density at radius 3 is 2.68 bits per heavy atom. The molecule has 1 aliphatic rings. The van der Waals surface area contributed by atoms with Crippen LogP contribution in [0, 0.1) is 6.92 Å². The van der Waals surface area contributed by atoms with Gasteiger partial charge in [-0.05, 0) is 38.0 Å². The third-order valence-corrected chi connectivity index (χ3v) is 3.84. The average molecular weight is 258 g/mol. The number of anilines is 1. The zero-order valence-electron chi connectivity index (χ0n) is 11.0. The van der Waals surface area contributed by atoms with Crippen molar-refractivity contribution >= 4 is 5.69 Å². The lowest BCUT2D eigenvalue weighted by Gasteiger charge is -2.16. The summed E-state index contributed by atoms with van der Waals surface area (Å²) in [5.74, 6) is 1.84. The van der Waals surface area contributed by atoms with Gasteiger partial charge in [-0.1, -0.05) is 12.8 Å². The summed E-state index contributed by atoms with van der Waals surface area (Å²) in [6.07, 6.45) is 4.86. The van der Waals surface area contributed by atoms with Gasteiger partial charge in [-0.25, -0.2) is 0 Å². The van der Waals surface area contributed by atoms with Gasteiger partial charge in [0, 0.05) is 11.6 Å². The third kappa shape index (κ3) is 2.05. The van der Waals surface area contributed by atoms with Crippen LogP contribution in [-0.4, -0.2) is 19.9 Å². The van der Waals surface area contributed by atoms with Gasteiger partial charge >= 0.3 is 0 Å². The molecule has 0 spiro atoms. The average Bonchev–Trinajstić information content (AvgIpc) is 3.01. The molecule has 5 heteroatoms. The predicted molar refractivity (Wildman–Crippen MR) is 73.8 cm³/mol. The van der Waals surface area contributed by atoms with Crippen molar-refractivity contribution in [1.82, 2.24) is 14.8 Å². The standard InChI is InChI=1S/C14H18N4O/c1-9-16-17-14(18(9)11-4-2-3-5-11)10-6-7-12(15)13(19)8-10/h6-8,11,19H,2-5,15H2,1H3. The monoisotopic (exact) mass is 258 g/mol. The van der Waals surface area contributed by atoms with E-state index in [1.54, 1.807) is 12.1 Å². The van der Waals surface area contributed by atoms with E-state index in [9.17, 15) is 5.11 Å². The fraction of sp³-hybridized carbons (Fsp3) is 0.429. The summed E-state index contributed by atoms with van der Waals surface area (Å²) in [4.78, 5) is 0. The molecule has 1 heterocycles. The molecule has 3 N–H and O–H groups in total. The number of nitrogen functional groups attached to an aromatic ring is 1. The lowest BCUT2D eigenvalue weighted by Crippen LogP contribution is -2.08. The molecule has 0 bridgehead atoms. The number of nitrogens with two attached hydrogens (primary N) is 1. The van der Waals surface area contributed by atoms with Crippen LogP contribution in [0.5, 0.6) is 5.75 Å². The van der Waals surface area contributed by atoms with Gasteiger partial charge in [0.05, 0.1) is 5.69 Å². The van der Waals surface area contributed by atoms with Crippen molar-refractivity contribution in [2.75, 3.05) is 5.73 Å². The van der Waals surface area contributed by atoms with Crippen LogP contribution in [0.3, 0.4) is 0 Å². The summed E-state index contributed by atoms with van der Waals surface area (Å²) in [7, 11) is 0. The van der Waals surface area contributed by atoms with Crippen LogP contribution >= 0.6 is 0 Å². The molecule has 1 saturated carbocycles. The van der Waals surface area contributed by atoms with E-state index < -0.39 is 0 Å². The number of hydrogen-bond acceptors (Lipinski definition) is 4. The molecular formula is C14H18N4O. The van der Waals surface area contributed by atoms with E-state index in [2.05, 4.69) is 14.8 Å². The molecule has 0 saturated heterocycles. The minimum Gasteiger partial charge on any atom is -0.506 e. The molecule has 0 atom stereocenters. The van der Waals surface area contributed by atoms with Crippen molar-refractivity contribution in [2.24, 2.45) is 0 Å². The van der Waals surface area contributed by atoms with Crippen molar-refractivity contribution in [3.8, 4) is 17.1 Å². The second-order valence-electron chi connectivity index (χ2n) is 5.15. The molecule has 19 heavy (non-hydrogen) atoms. The zero-order valence-corrected chi connectivity index (χ0v) is 11.0. The van der Waals surface area contributed by atoms with Crippen molar-refractivity contribution in [2.45, 2.75) is 38.6 Å². The number of hydrogen-bond donors (Lipinski definition) is 2.